The highest BCUT2D eigenvalue weighted by Crippen LogP contribution is 2.36. The molecule has 0 radical (unpaired) electrons. The highest BCUT2D eigenvalue weighted by atomic mass is 32.2. The standard InChI is InChI=1S/C21H23N3O5S4/c1-14-13-31-20(22-14)16-9-12-30-21(16)23-19(25)15-7-10-24(11-8-15)33(28,29)18-6-4-3-5-17(18)32(2,26)27/h3-6,9,12-13,15H,7-8,10-11H2,1-2H3,(H,23,25). The van der Waals surface area contributed by atoms with Crippen LogP contribution in [0.25, 0.3) is 10.6 Å². The molecule has 1 fully saturated rings. The number of carbonyl (C=O) groups excluding carboxylic acids is 1. The summed E-state index contributed by atoms with van der Waals surface area (Å²) in [6.07, 6.45) is 1.69. The molecule has 0 unspecified atom stereocenters. The van der Waals surface area contributed by atoms with Crippen molar-refractivity contribution in [3.8, 4) is 10.6 Å². The zero-order valence-electron chi connectivity index (χ0n) is 18.0. The van der Waals surface area contributed by atoms with Gasteiger partial charge in [0.25, 0.3) is 0 Å². The van der Waals surface area contributed by atoms with Gasteiger partial charge in [-0.15, -0.1) is 22.7 Å². The van der Waals surface area contributed by atoms with Gasteiger partial charge in [-0.05, 0) is 43.3 Å². The predicted octanol–water partition coefficient (Wildman–Crippen LogP) is 3.62. The molecule has 12 heteroatoms. The van der Waals surface area contributed by atoms with Gasteiger partial charge >= 0.3 is 0 Å². The van der Waals surface area contributed by atoms with Crippen molar-refractivity contribution in [2.24, 2.45) is 5.92 Å². The van der Waals surface area contributed by atoms with Crippen LogP contribution in [0.15, 0.2) is 50.9 Å². The number of hydrogen-bond acceptors (Lipinski definition) is 8. The van der Waals surface area contributed by atoms with Crippen LogP contribution in [0.5, 0.6) is 0 Å². The molecule has 3 heterocycles. The zero-order valence-corrected chi connectivity index (χ0v) is 21.3. The van der Waals surface area contributed by atoms with Gasteiger partial charge in [-0.25, -0.2) is 21.8 Å². The number of carbonyl (C=O) groups is 1. The lowest BCUT2D eigenvalue weighted by atomic mass is 9.97. The van der Waals surface area contributed by atoms with E-state index in [2.05, 4.69) is 10.3 Å². The monoisotopic (exact) mass is 525 g/mol. The molecule has 0 bridgehead atoms. The molecule has 1 aromatic carbocycles. The number of benzene rings is 1. The molecule has 0 atom stereocenters. The number of anilines is 1. The highest BCUT2D eigenvalue weighted by molar-refractivity contribution is 7.93. The Kier molecular flexibility index (Phi) is 6.74. The molecular weight excluding hydrogens is 503 g/mol. The number of piperidine rings is 1. The smallest absolute Gasteiger partial charge is 0.244 e. The fourth-order valence-electron chi connectivity index (χ4n) is 3.73. The van der Waals surface area contributed by atoms with E-state index in [-0.39, 0.29) is 34.7 Å². The van der Waals surface area contributed by atoms with Crippen LogP contribution in [0.4, 0.5) is 5.00 Å². The van der Waals surface area contributed by atoms with Crippen LogP contribution in [-0.4, -0.2) is 51.4 Å². The second-order valence-electron chi connectivity index (χ2n) is 7.84. The SMILES string of the molecule is Cc1csc(-c2ccsc2NC(=O)C2CCN(S(=O)(=O)c3ccccc3S(C)(=O)=O)CC2)n1. The van der Waals surface area contributed by atoms with Crippen LogP contribution in [0, 0.1) is 12.8 Å². The average molecular weight is 526 g/mol. The molecule has 3 aromatic rings. The minimum absolute atomic E-state index is 0.140. The molecule has 4 rings (SSSR count). The van der Waals surface area contributed by atoms with Crippen molar-refractivity contribution in [3.05, 3.63) is 46.8 Å². The summed E-state index contributed by atoms with van der Waals surface area (Å²) in [7, 11) is -7.70. The maximum atomic E-state index is 13.1. The number of sulfonamides is 1. The highest BCUT2D eigenvalue weighted by Gasteiger charge is 2.34. The Labute approximate surface area is 201 Å². The van der Waals surface area contributed by atoms with Gasteiger partial charge in [-0.3, -0.25) is 4.79 Å². The molecule has 176 valence electrons. The molecule has 1 aliphatic heterocycles. The number of nitrogens with zero attached hydrogens (tertiary/aromatic N) is 2. The number of hydrogen-bond donors (Lipinski definition) is 1. The minimum atomic E-state index is -4.00. The fraction of sp³-hybridized carbons (Fsp3) is 0.333. The van der Waals surface area contributed by atoms with Crippen LogP contribution < -0.4 is 5.32 Å². The van der Waals surface area contributed by atoms with Crippen molar-refractivity contribution in [1.82, 2.24) is 9.29 Å². The third-order valence-electron chi connectivity index (χ3n) is 5.44. The summed E-state index contributed by atoms with van der Waals surface area (Å²) in [5, 5.41) is 8.41. The van der Waals surface area contributed by atoms with E-state index in [0.29, 0.717) is 12.8 Å². The topological polar surface area (TPSA) is 114 Å². The van der Waals surface area contributed by atoms with Gasteiger partial charge in [-0.2, -0.15) is 4.31 Å². The summed E-state index contributed by atoms with van der Waals surface area (Å²) in [6.45, 7) is 2.20. The number of thiazole rings is 1. The summed E-state index contributed by atoms with van der Waals surface area (Å²) in [5.41, 5.74) is 1.80. The number of aromatic nitrogens is 1. The average Bonchev–Trinajstić information content (AvgIpc) is 3.41. The van der Waals surface area contributed by atoms with Crippen LogP contribution in [0.2, 0.25) is 0 Å². The van der Waals surface area contributed by atoms with E-state index in [1.165, 1.54) is 51.2 Å². The van der Waals surface area contributed by atoms with Crippen molar-refractivity contribution < 1.29 is 21.6 Å². The number of thiophene rings is 1. The molecule has 1 aliphatic rings. The molecule has 1 saturated heterocycles. The van der Waals surface area contributed by atoms with E-state index in [1.54, 1.807) is 0 Å². The van der Waals surface area contributed by atoms with Crippen LogP contribution in [0.3, 0.4) is 0 Å². The van der Waals surface area contributed by atoms with E-state index in [9.17, 15) is 21.6 Å². The third kappa shape index (κ3) is 5.04. The summed E-state index contributed by atoms with van der Waals surface area (Å²) in [6, 6.07) is 7.53. The molecule has 1 amide bonds. The first kappa shape index (κ1) is 24.0. The molecule has 2 aromatic heterocycles. The predicted molar refractivity (Wildman–Crippen MR) is 130 cm³/mol. The number of sulfone groups is 1. The summed E-state index contributed by atoms with van der Waals surface area (Å²) < 4.78 is 51.7. The minimum Gasteiger partial charge on any atom is -0.317 e. The lowest BCUT2D eigenvalue weighted by molar-refractivity contribution is -0.120. The Morgan fingerprint density at radius 2 is 1.73 bits per heavy atom. The third-order valence-corrected chi connectivity index (χ3v) is 10.5. The Morgan fingerprint density at radius 1 is 1.06 bits per heavy atom. The number of amides is 1. The molecule has 8 nitrogen and oxygen atoms in total. The second-order valence-corrected chi connectivity index (χ2v) is 13.5. The molecule has 0 saturated carbocycles. The van der Waals surface area contributed by atoms with Crippen molar-refractivity contribution in [3.63, 3.8) is 0 Å². The fourth-order valence-corrected chi connectivity index (χ4v) is 8.49. The molecule has 0 spiro atoms. The lowest BCUT2D eigenvalue weighted by Gasteiger charge is -2.30. The second kappa shape index (κ2) is 9.26. The first-order valence-corrected chi connectivity index (χ1v) is 15.3. The number of nitrogens with one attached hydrogen (secondary N) is 1. The van der Waals surface area contributed by atoms with Crippen molar-refractivity contribution in [2.45, 2.75) is 29.6 Å². The van der Waals surface area contributed by atoms with Gasteiger partial charge in [0.1, 0.15) is 14.9 Å². The van der Waals surface area contributed by atoms with Crippen LogP contribution in [-0.2, 0) is 24.7 Å². The van der Waals surface area contributed by atoms with Crippen molar-refractivity contribution in [2.75, 3.05) is 24.7 Å². The van der Waals surface area contributed by atoms with E-state index in [1.807, 2.05) is 23.8 Å². The first-order chi connectivity index (χ1) is 15.6. The quantitative estimate of drug-likeness (QED) is 0.526. The van der Waals surface area contributed by atoms with Gasteiger partial charge in [-0.1, -0.05) is 12.1 Å². The summed E-state index contributed by atoms with van der Waals surface area (Å²) in [4.78, 5) is 16.9. The van der Waals surface area contributed by atoms with E-state index < -0.39 is 19.9 Å². The van der Waals surface area contributed by atoms with Crippen LogP contribution >= 0.6 is 22.7 Å². The first-order valence-electron chi connectivity index (χ1n) is 10.2. The number of rotatable bonds is 6. The Balaban J connectivity index is 1.45. The zero-order chi connectivity index (χ0) is 23.8. The normalized spacial score (nSPS) is 16.1. The van der Waals surface area contributed by atoms with E-state index in [4.69, 9.17) is 0 Å². The van der Waals surface area contributed by atoms with Gasteiger partial charge in [0.2, 0.25) is 15.9 Å². The maximum absolute atomic E-state index is 13.1. The van der Waals surface area contributed by atoms with Crippen LogP contribution in [0.1, 0.15) is 18.5 Å². The summed E-state index contributed by atoms with van der Waals surface area (Å²) >= 11 is 2.94. The van der Waals surface area contributed by atoms with Gasteiger partial charge in [0.15, 0.2) is 9.84 Å². The van der Waals surface area contributed by atoms with E-state index >= 15 is 0 Å². The Morgan fingerprint density at radius 3 is 2.33 bits per heavy atom. The van der Waals surface area contributed by atoms with Gasteiger partial charge < -0.3 is 5.32 Å². The van der Waals surface area contributed by atoms with Gasteiger partial charge in [0, 0.05) is 41.9 Å². The molecule has 0 aliphatic carbocycles. The van der Waals surface area contributed by atoms with Crippen molar-refractivity contribution in [1.29, 1.82) is 0 Å². The molecule has 1 N–H and O–H groups in total. The lowest BCUT2D eigenvalue weighted by Crippen LogP contribution is -2.41. The van der Waals surface area contributed by atoms with Crippen molar-refractivity contribution >= 4 is 53.4 Å². The Bertz CT molecular complexity index is 1380. The molecule has 33 heavy (non-hydrogen) atoms. The molecular formula is C21H23N3O5S4. The van der Waals surface area contributed by atoms with E-state index in [0.717, 1.165) is 27.5 Å². The Hall–Kier alpha value is -2.12. The summed E-state index contributed by atoms with van der Waals surface area (Å²) in [5.74, 6) is -0.491. The van der Waals surface area contributed by atoms with Gasteiger partial charge in [0.05, 0.1) is 4.90 Å². The maximum Gasteiger partial charge on any atom is 0.244 e. The largest absolute Gasteiger partial charge is 0.317 e. The number of aryl methyl sites for hydroxylation is 1.